The molecule has 0 spiro atoms. The summed E-state index contributed by atoms with van der Waals surface area (Å²) < 4.78 is 25.4. The van der Waals surface area contributed by atoms with Crippen molar-refractivity contribution in [2.75, 3.05) is 28.2 Å². The van der Waals surface area contributed by atoms with Gasteiger partial charge in [-0.2, -0.15) is 9.97 Å². The molecule has 2 aromatic carbocycles. The van der Waals surface area contributed by atoms with Crippen LogP contribution in [0.15, 0.2) is 54.9 Å². The van der Waals surface area contributed by atoms with Gasteiger partial charge in [0.1, 0.15) is 5.52 Å². The van der Waals surface area contributed by atoms with Crippen LogP contribution in [0.25, 0.3) is 11.2 Å². The molecule has 0 atom stereocenters. The number of aliphatic hydroxyl groups is 1. The number of nitrogens with zero attached hydrogens (tertiary/aromatic N) is 3. The van der Waals surface area contributed by atoms with Crippen molar-refractivity contribution in [1.29, 1.82) is 0 Å². The first-order valence-electron chi connectivity index (χ1n) is 9.89. The van der Waals surface area contributed by atoms with E-state index in [0.717, 1.165) is 17.4 Å². The molecule has 0 radical (unpaired) electrons. The summed E-state index contributed by atoms with van der Waals surface area (Å²) in [5.41, 5.74) is 4.32. The van der Waals surface area contributed by atoms with Gasteiger partial charge in [-0.25, -0.2) is 13.4 Å². The smallest absolute Gasteiger partial charge is 0.231 e. The highest BCUT2D eigenvalue weighted by Crippen LogP contribution is 2.24. The molecule has 5 N–H and O–H groups in total. The number of aromatic amines is 1. The predicted molar refractivity (Wildman–Crippen MR) is 124 cm³/mol. The van der Waals surface area contributed by atoms with Crippen LogP contribution in [0.3, 0.4) is 0 Å². The lowest BCUT2D eigenvalue weighted by atomic mass is 10.1. The Balaban J connectivity index is 1.58. The number of benzene rings is 2. The van der Waals surface area contributed by atoms with Crippen molar-refractivity contribution in [3.05, 3.63) is 66.0 Å². The number of anilines is 4. The second kappa shape index (κ2) is 9.20. The van der Waals surface area contributed by atoms with E-state index in [0.29, 0.717) is 47.3 Å². The molecule has 0 amide bonds. The summed E-state index contributed by atoms with van der Waals surface area (Å²) in [7, 11) is -3.39. The van der Waals surface area contributed by atoms with Gasteiger partial charge < -0.3 is 20.7 Å². The first-order valence-corrected chi connectivity index (χ1v) is 11.8. The summed E-state index contributed by atoms with van der Waals surface area (Å²) >= 11 is 0. The molecular weight excluding hydrogens is 430 g/mol. The van der Waals surface area contributed by atoms with E-state index < -0.39 is 10.0 Å². The van der Waals surface area contributed by atoms with Gasteiger partial charge in [-0.3, -0.25) is 4.72 Å². The summed E-state index contributed by atoms with van der Waals surface area (Å²) in [6, 6.07) is 14.7. The molecule has 0 aliphatic rings. The SMILES string of the molecule is CS(=O)(=O)Nc1cccc(Nc2nc(NCc3ccccc3CCO)c3[nH]cnc3n2)c1. The highest BCUT2D eigenvalue weighted by Gasteiger charge is 2.12. The molecule has 166 valence electrons. The van der Waals surface area contributed by atoms with E-state index in [2.05, 4.69) is 35.3 Å². The number of rotatable bonds is 9. The molecule has 0 bridgehead atoms. The lowest BCUT2D eigenvalue weighted by Crippen LogP contribution is -2.10. The Morgan fingerprint density at radius 3 is 2.59 bits per heavy atom. The van der Waals surface area contributed by atoms with Crippen LogP contribution < -0.4 is 15.4 Å². The summed E-state index contributed by atoms with van der Waals surface area (Å²) in [5.74, 6) is 0.881. The molecule has 0 fully saturated rings. The highest BCUT2D eigenvalue weighted by atomic mass is 32.2. The fraction of sp³-hybridized carbons (Fsp3) is 0.190. The third kappa shape index (κ3) is 5.31. The summed E-state index contributed by atoms with van der Waals surface area (Å²) in [6.45, 7) is 0.588. The third-order valence-electron chi connectivity index (χ3n) is 4.65. The van der Waals surface area contributed by atoms with Gasteiger partial charge >= 0.3 is 0 Å². The van der Waals surface area contributed by atoms with Gasteiger partial charge in [-0.05, 0) is 35.7 Å². The van der Waals surface area contributed by atoms with Crippen LogP contribution in [0.4, 0.5) is 23.1 Å². The van der Waals surface area contributed by atoms with Crippen LogP contribution in [0.2, 0.25) is 0 Å². The maximum atomic E-state index is 11.5. The first kappa shape index (κ1) is 21.5. The summed E-state index contributed by atoms with van der Waals surface area (Å²) in [5, 5.41) is 15.7. The molecule has 4 aromatic rings. The quantitative estimate of drug-likeness (QED) is 0.260. The van der Waals surface area contributed by atoms with Gasteiger partial charge in [0.05, 0.1) is 18.3 Å². The molecule has 0 saturated heterocycles. The maximum Gasteiger partial charge on any atom is 0.231 e. The Labute approximate surface area is 185 Å². The number of aromatic nitrogens is 4. The molecule has 0 aliphatic carbocycles. The number of sulfonamides is 1. The molecule has 2 aromatic heterocycles. The fourth-order valence-electron chi connectivity index (χ4n) is 3.29. The zero-order valence-electron chi connectivity index (χ0n) is 17.3. The highest BCUT2D eigenvalue weighted by molar-refractivity contribution is 7.92. The molecule has 32 heavy (non-hydrogen) atoms. The average molecular weight is 454 g/mol. The summed E-state index contributed by atoms with van der Waals surface area (Å²) in [6.07, 6.45) is 3.22. The van der Waals surface area contributed by atoms with E-state index in [-0.39, 0.29) is 6.61 Å². The Kier molecular flexibility index (Phi) is 6.19. The van der Waals surface area contributed by atoms with Crippen molar-refractivity contribution in [2.24, 2.45) is 0 Å². The van der Waals surface area contributed by atoms with Gasteiger partial charge in [0, 0.05) is 18.8 Å². The zero-order chi connectivity index (χ0) is 22.6. The molecule has 0 unspecified atom stereocenters. The first-order chi connectivity index (χ1) is 15.4. The van der Waals surface area contributed by atoms with Crippen LogP contribution in [0.5, 0.6) is 0 Å². The van der Waals surface area contributed by atoms with Crippen molar-refractivity contribution in [3.63, 3.8) is 0 Å². The van der Waals surface area contributed by atoms with Gasteiger partial charge in [-0.15, -0.1) is 0 Å². The van der Waals surface area contributed by atoms with Gasteiger partial charge in [-0.1, -0.05) is 30.3 Å². The monoisotopic (exact) mass is 453 g/mol. The lowest BCUT2D eigenvalue weighted by molar-refractivity contribution is 0.299. The maximum absolute atomic E-state index is 11.5. The molecular formula is C21H23N7O3S. The minimum Gasteiger partial charge on any atom is -0.396 e. The second-order valence-corrected chi connectivity index (χ2v) is 8.92. The van der Waals surface area contributed by atoms with Crippen molar-refractivity contribution in [2.45, 2.75) is 13.0 Å². The number of aliphatic hydroxyl groups excluding tert-OH is 1. The Morgan fingerprint density at radius 2 is 1.81 bits per heavy atom. The molecule has 10 nitrogen and oxygen atoms in total. The average Bonchev–Trinajstić information content (AvgIpc) is 3.21. The minimum atomic E-state index is -3.39. The number of H-pyrrole nitrogens is 1. The normalized spacial score (nSPS) is 11.4. The Morgan fingerprint density at radius 1 is 1.03 bits per heavy atom. The van der Waals surface area contributed by atoms with E-state index in [9.17, 15) is 13.5 Å². The van der Waals surface area contributed by atoms with Gasteiger partial charge in [0.25, 0.3) is 0 Å². The zero-order valence-corrected chi connectivity index (χ0v) is 18.1. The topological polar surface area (TPSA) is 145 Å². The van der Waals surface area contributed by atoms with Gasteiger partial charge in [0.2, 0.25) is 16.0 Å². The fourth-order valence-corrected chi connectivity index (χ4v) is 3.85. The van der Waals surface area contributed by atoms with Gasteiger partial charge in [0.15, 0.2) is 11.5 Å². The molecule has 2 heterocycles. The number of imidazole rings is 1. The van der Waals surface area contributed by atoms with Crippen LogP contribution in [0, 0.1) is 0 Å². The van der Waals surface area contributed by atoms with Crippen molar-refractivity contribution in [3.8, 4) is 0 Å². The minimum absolute atomic E-state index is 0.0800. The molecule has 11 heteroatoms. The number of hydrogen-bond acceptors (Lipinski definition) is 8. The molecule has 4 rings (SSSR count). The lowest BCUT2D eigenvalue weighted by Gasteiger charge is -2.12. The van der Waals surface area contributed by atoms with Crippen LogP contribution >= 0.6 is 0 Å². The van der Waals surface area contributed by atoms with E-state index in [1.165, 1.54) is 0 Å². The Hall–Kier alpha value is -3.70. The van der Waals surface area contributed by atoms with Crippen molar-refractivity contribution < 1.29 is 13.5 Å². The van der Waals surface area contributed by atoms with Crippen LogP contribution in [-0.2, 0) is 23.0 Å². The van der Waals surface area contributed by atoms with Crippen LogP contribution in [0.1, 0.15) is 11.1 Å². The van der Waals surface area contributed by atoms with E-state index in [4.69, 9.17) is 0 Å². The van der Waals surface area contributed by atoms with Crippen LogP contribution in [-0.4, -0.2) is 46.3 Å². The number of nitrogens with one attached hydrogen (secondary N) is 4. The second-order valence-electron chi connectivity index (χ2n) is 7.17. The Bertz CT molecular complexity index is 1340. The van der Waals surface area contributed by atoms with E-state index in [1.807, 2.05) is 24.3 Å². The number of hydrogen-bond donors (Lipinski definition) is 5. The van der Waals surface area contributed by atoms with E-state index in [1.54, 1.807) is 30.6 Å². The van der Waals surface area contributed by atoms with Crippen molar-refractivity contribution in [1.82, 2.24) is 19.9 Å². The van der Waals surface area contributed by atoms with E-state index >= 15 is 0 Å². The third-order valence-corrected chi connectivity index (χ3v) is 5.26. The van der Waals surface area contributed by atoms with Crippen molar-refractivity contribution >= 4 is 44.3 Å². The summed E-state index contributed by atoms with van der Waals surface area (Å²) in [4.78, 5) is 16.3. The largest absolute Gasteiger partial charge is 0.396 e. The molecule has 0 saturated carbocycles. The predicted octanol–water partition coefficient (Wildman–Crippen LogP) is 2.61. The standard InChI is InChI=1S/C21H23N7O3S/c1-32(30,31)28-17-8-4-7-16(11-17)25-21-26-19(18-20(27-21)24-13-23-18)22-12-15-6-3-2-5-14(15)9-10-29/h2-8,11,13,28-29H,9-10,12H2,1H3,(H3,22,23,24,25,26,27). The molecule has 0 aliphatic heterocycles. The number of fused-ring (bicyclic) bond motifs is 1.